The number of para-hydroxylation sites is 1. The van der Waals surface area contributed by atoms with E-state index in [4.69, 9.17) is 4.42 Å². The summed E-state index contributed by atoms with van der Waals surface area (Å²) >= 11 is 0. The largest absolute Gasteiger partial charge is 0.459 e. The van der Waals surface area contributed by atoms with Gasteiger partial charge in [-0.05, 0) is 25.5 Å². The fourth-order valence-corrected chi connectivity index (χ4v) is 2.47. The standard InChI is InChI=1S/C17H18FN3O/c1-4-13-16(18)17(20-10-19-13)21(3)11(2)15-9-12-7-5-6-8-14(12)22-15/h5-11H,4H2,1-3H3. The zero-order valence-electron chi connectivity index (χ0n) is 12.9. The van der Waals surface area contributed by atoms with Crippen LogP contribution in [0.5, 0.6) is 0 Å². The molecule has 0 aliphatic carbocycles. The maximum absolute atomic E-state index is 14.4. The molecule has 1 atom stereocenters. The molecule has 0 amide bonds. The van der Waals surface area contributed by atoms with Crippen LogP contribution in [0.25, 0.3) is 11.0 Å². The smallest absolute Gasteiger partial charge is 0.187 e. The van der Waals surface area contributed by atoms with Crippen LogP contribution in [0.3, 0.4) is 0 Å². The van der Waals surface area contributed by atoms with Gasteiger partial charge < -0.3 is 9.32 Å². The van der Waals surface area contributed by atoms with Gasteiger partial charge in [0.05, 0.1) is 11.7 Å². The van der Waals surface area contributed by atoms with E-state index in [0.29, 0.717) is 17.9 Å². The number of hydrogen-bond donors (Lipinski definition) is 0. The fraction of sp³-hybridized carbons (Fsp3) is 0.294. The molecule has 4 nitrogen and oxygen atoms in total. The molecular weight excluding hydrogens is 281 g/mol. The van der Waals surface area contributed by atoms with Gasteiger partial charge in [0.25, 0.3) is 0 Å². The average Bonchev–Trinajstić information content (AvgIpc) is 2.97. The summed E-state index contributed by atoms with van der Waals surface area (Å²) in [5, 5.41) is 1.04. The Morgan fingerprint density at radius 1 is 1.27 bits per heavy atom. The number of nitrogens with zero attached hydrogens (tertiary/aromatic N) is 3. The quantitative estimate of drug-likeness (QED) is 0.726. The van der Waals surface area contributed by atoms with Gasteiger partial charge in [0.15, 0.2) is 11.6 Å². The highest BCUT2D eigenvalue weighted by Crippen LogP contribution is 2.30. The van der Waals surface area contributed by atoms with Crippen LogP contribution in [-0.2, 0) is 6.42 Å². The van der Waals surface area contributed by atoms with Crippen molar-refractivity contribution < 1.29 is 8.81 Å². The Morgan fingerprint density at radius 3 is 2.77 bits per heavy atom. The topological polar surface area (TPSA) is 42.2 Å². The van der Waals surface area contributed by atoms with Crippen molar-refractivity contribution >= 4 is 16.8 Å². The van der Waals surface area contributed by atoms with Crippen LogP contribution < -0.4 is 4.90 Å². The van der Waals surface area contributed by atoms with E-state index in [2.05, 4.69) is 9.97 Å². The van der Waals surface area contributed by atoms with Crippen LogP contribution in [0, 0.1) is 5.82 Å². The van der Waals surface area contributed by atoms with Crippen molar-refractivity contribution in [2.75, 3.05) is 11.9 Å². The third-order valence-corrected chi connectivity index (χ3v) is 3.95. The second-order valence-corrected chi connectivity index (χ2v) is 5.28. The predicted molar refractivity (Wildman–Crippen MR) is 84.4 cm³/mol. The third-order valence-electron chi connectivity index (χ3n) is 3.95. The number of aryl methyl sites for hydroxylation is 1. The lowest BCUT2D eigenvalue weighted by Gasteiger charge is -2.24. The third kappa shape index (κ3) is 2.43. The van der Waals surface area contributed by atoms with E-state index in [9.17, 15) is 4.39 Å². The average molecular weight is 299 g/mol. The SMILES string of the molecule is CCc1ncnc(N(C)C(C)c2cc3ccccc3o2)c1F. The number of rotatable bonds is 4. The van der Waals surface area contributed by atoms with Gasteiger partial charge in [0, 0.05) is 12.4 Å². The van der Waals surface area contributed by atoms with Crippen molar-refractivity contribution in [2.45, 2.75) is 26.3 Å². The normalized spacial score (nSPS) is 12.5. The monoisotopic (exact) mass is 299 g/mol. The highest BCUT2D eigenvalue weighted by atomic mass is 19.1. The number of fused-ring (bicyclic) bond motifs is 1. The lowest BCUT2D eigenvalue weighted by atomic mass is 10.2. The molecule has 0 aliphatic rings. The van der Waals surface area contributed by atoms with Gasteiger partial charge >= 0.3 is 0 Å². The minimum absolute atomic E-state index is 0.137. The first-order valence-corrected chi connectivity index (χ1v) is 7.32. The van der Waals surface area contributed by atoms with E-state index in [1.807, 2.05) is 51.2 Å². The van der Waals surface area contributed by atoms with Crippen LogP contribution in [-0.4, -0.2) is 17.0 Å². The maximum Gasteiger partial charge on any atom is 0.187 e. The van der Waals surface area contributed by atoms with Crippen molar-refractivity contribution in [3.8, 4) is 0 Å². The molecule has 3 aromatic rings. The second kappa shape index (κ2) is 5.75. The Morgan fingerprint density at radius 2 is 2.05 bits per heavy atom. The van der Waals surface area contributed by atoms with Crippen LogP contribution in [0.2, 0.25) is 0 Å². The first kappa shape index (κ1) is 14.5. The van der Waals surface area contributed by atoms with Gasteiger partial charge in [-0.2, -0.15) is 0 Å². The molecule has 3 rings (SSSR count). The van der Waals surface area contributed by atoms with Gasteiger partial charge in [-0.15, -0.1) is 0 Å². The molecular formula is C17H18FN3O. The summed E-state index contributed by atoms with van der Waals surface area (Å²) < 4.78 is 20.3. The van der Waals surface area contributed by atoms with Crippen LogP contribution in [0.15, 0.2) is 41.1 Å². The van der Waals surface area contributed by atoms with Crippen molar-refractivity contribution in [1.29, 1.82) is 0 Å². The van der Waals surface area contributed by atoms with E-state index in [1.165, 1.54) is 6.33 Å². The van der Waals surface area contributed by atoms with E-state index in [1.54, 1.807) is 4.90 Å². The summed E-state index contributed by atoms with van der Waals surface area (Å²) in [7, 11) is 1.81. The van der Waals surface area contributed by atoms with Crippen molar-refractivity contribution in [3.63, 3.8) is 0 Å². The van der Waals surface area contributed by atoms with Gasteiger partial charge in [-0.3, -0.25) is 0 Å². The molecule has 5 heteroatoms. The zero-order valence-corrected chi connectivity index (χ0v) is 12.9. The summed E-state index contributed by atoms with van der Waals surface area (Å²) in [4.78, 5) is 9.83. The molecule has 0 aliphatic heterocycles. The molecule has 0 spiro atoms. The fourth-order valence-electron chi connectivity index (χ4n) is 2.47. The van der Waals surface area contributed by atoms with Crippen molar-refractivity contribution in [2.24, 2.45) is 0 Å². The second-order valence-electron chi connectivity index (χ2n) is 5.28. The molecule has 0 fully saturated rings. The Bertz CT molecular complexity index is 766. The van der Waals surface area contributed by atoms with Crippen LogP contribution in [0.4, 0.5) is 10.2 Å². The number of hydrogen-bond acceptors (Lipinski definition) is 4. The maximum atomic E-state index is 14.4. The van der Waals surface area contributed by atoms with E-state index >= 15 is 0 Å². The molecule has 2 heterocycles. The first-order chi connectivity index (χ1) is 10.6. The number of benzene rings is 1. The summed E-state index contributed by atoms with van der Waals surface area (Å²) in [6, 6.07) is 9.66. The molecule has 0 saturated heterocycles. The molecule has 0 N–H and O–H groups in total. The molecule has 0 bridgehead atoms. The molecule has 0 radical (unpaired) electrons. The summed E-state index contributed by atoms with van der Waals surface area (Å²) in [5.74, 6) is 0.704. The minimum Gasteiger partial charge on any atom is -0.459 e. The van der Waals surface area contributed by atoms with Crippen LogP contribution >= 0.6 is 0 Å². The van der Waals surface area contributed by atoms with Crippen molar-refractivity contribution in [1.82, 2.24) is 9.97 Å². The van der Waals surface area contributed by atoms with Gasteiger partial charge in [0.1, 0.15) is 17.7 Å². The highest BCUT2D eigenvalue weighted by molar-refractivity contribution is 5.77. The van der Waals surface area contributed by atoms with Crippen LogP contribution in [0.1, 0.15) is 31.3 Å². The van der Waals surface area contributed by atoms with Gasteiger partial charge in [0.2, 0.25) is 0 Å². The van der Waals surface area contributed by atoms with E-state index in [-0.39, 0.29) is 11.9 Å². The van der Waals surface area contributed by atoms with E-state index < -0.39 is 0 Å². The zero-order chi connectivity index (χ0) is 15.7. The van der Waals surface area contributed by atoms with Gasteiger partial charge in [-0.1, -0.05) is 25.1 Å². The summed E-state index contributed by atoms with van der Waals surface area (Å²) in [6.45, 7) is 3.84. The molecule has 1 aromatic carbocycles. The predicted octanol–water partition coefficient (Wildman–Crippen LogP) is 4.12. The minimum atomic E-state index is -0.365. The Labute approximate surface area is 128 Å². The Hall–Kier alpha value is -2.43. The Kier molecular flexibility index (Phi) is 3.79. The number of furan rings is 1. The summed E-state index contributed by atoms with van der Waals surface area (Å²) in [6.07, 6.45) is 1.94. The molecule has 0 saturated carbocycles. The molecule has 22 heavy (non-hydrogen) atoms. The van der Waals surface area contributed by atoms with Crippen molar-refractivity contribution in [3.05, 3.63) is 53.9 Å². The highest BCUT2D eigenvalue weighted by Gasteiger charge is 2.21. The molecule has 2 aromatic heterocycles. The lowest BCUT2D eigenvalue weighted by molar-refractivity contribution is 0.493. The van der Waals surface area contributed by atoms with E-state index in [0.717, 1.165) is 16.7 Å². The van der Waals surface area contributed by atoms with Gasteiger partial charge in [-0.25, -0.2) is 14.4 Å². The number of aromatic nitrogens is 2. The molecule has 1 unspecified atom stereocenters. The number of halogens is 1. The number of anilines is 1. The Balaban J connectivity index is 1.95. The lowest BCUT2D eigenvalue weighted by Crippen LogP contribution is -2.24. The summed E-state index contributed by atoms with van der Waals surface area (Å²) in [5.41, 5.74) is 1.25. The first-order valence-electron chi connectivity index (χ1n) is 7.32. The molecule has 114 valence electrons.